The number of carbonyl (C=O) groups is 2. The number of aromatic nitrogens is 1. The number of ether oxygens (including phenoxy) is 1. The average Bonchev–Trinajstić information content (AvgIpc) is 3.23. The molecule has 2 heterocycles. The van der Waals surface area contributed by atoms with Gasteiger partial charge in [0.2, 0.25) is 0 Å². The predicted octanol–water partition coefficient (Wildman–Crippen LogP) is 4.04. The van der Waals surface area contributed by atoms with Crippen LogP contribution in [-0.4, -0.2) is 34.4 Å². The number of benzene rings is 2. The molecule has 174 valence electrons. The van der Waals surface area contributed by atoms with E-state index in [4.69, 9.17) is 21.5 Å². The van der Waals surface area contributed by atoms with Crippen molar-refractivity contribution in [2.24, 2.45) is 0 Å². The zero-order valence-corrected chi connectivity index (χ0v) is 19.5. The molecule has 1 aliphatic rings. The van der Waals surface area contributed by atoms with E-state index in [-0.39, 0.29) is 11.4 Å². The highest BCUT2D eigenvalue weighted by Gasteiger charge is 2.35. The number of anilines is 2. The molecule has 2 aromatic carbocycles. The van der Waals surface area contributed by atoms with Crippen LogP contribution in [0.4, 0.5) is 11.5 Å². The molecule has 1 atom stereocenters. The molecule has 0 bridgehead atoms. The summed E-state index contributed by atoms with van der Waals surface area (Å²) >= 11 is 5.68. The lowest BCUT2D eigenvalue weighted by Crippen LogP contribution is -2.48. The maximum atomic E-state index is 13.5. The number of allylic oxidation sites excluding steroid dienone is 1. The lowest BCUT2D eigenvalue weighted by atomic mass is 9.93. The largest absolute Gasteiger partial charge is 0.495 e. The molecular formula is C24H22N4O5S. The second-order valence-electron chi connectivity index (χ2n) is 7.59. The standard InChI is InChI=1S/C24H22N4O5S/c1-13-12-19(27-33-13)25-22(29)20-14(2)28(17-6-4-5-7-18(17)32-3)24(34)26-21(20)15-8-10-16(11-9-15)23(30)31/h4-12,21H,1-3H3,(H,26,34)(H,30,31)(H,25,27,29). The first-order chi connectivity index (χ1) is 16.3. The third kappa shape index (κ3) is 4.35. The number of aryl methyl sites for hydroxylation is 1. The highest BCUT2D eigenvalue weighted by Crippen LogP contribution is 2.38. The van der Waals surface area contributed by atoms with E-state index < -0.39 is 17.9 Å². The number of hydrogen-bond donors (Lipinski definition) is 3. The van der Waals surface area contributed by atoms with Gasteiger partial charge >= 0.3 is 5.97 Å². The minimum atomic E-state index is -1.04. The van der Waals surface area contributed by atoms with E-state index in [1.165, 1.54) is 12.1 Å². The number of carbonyl (C=O) groups excluding carboxylic acids is 1. The zero-order chi connectivity index (χ0) is 24.4. The fourth-order valence-electron chi connectivity index (χ4n) is 3.82. The van der Waals surface area contributed by atoms with Crippen LogP contribution < -0.4 is 20.3 Å². The molecule has 9 nitrogen and oxygen atoms in total. The number of hydrogen-bond acceptors (Lipinski definition) is 6. The number of carboxylic acid groups (broad SMARTS) is 1. The summed E-state index contributed by atoms with van der Waals surface area (Å²) in [5.74, 6) is -0.0255. The van der Waals surface area contributed by atoms with Gasteiger partial charge in [-0.05, 0) is 55.9 Å². The number of methoxy groups -OCH3 is 1. The molecule has 1 aromatic heterocycles. The summed E-state index contributed by atoms with van der Waals surface area (Å²) in [4.78, 5) is 26.5. The van der Waals surface area contributed by atoms with Crippen molar-refractivity contribution < 1.29 is 24.0 Å². The van der Waals surface area contributed by atoms with Gasteiger partial charge in [0.1, 0.15) is 11.5 Å². The van der Waals surface area contributed by atoms with Gasteiger partial charge in [-0.1, -0.05) is 29.4 Å². The van der Waals surface area contributed by atoms with E-state index in [0.29, 0.717) is 39.1 Å². The van der Waals surface area contributed by atoms with E-state index in [1.807, 2.05) is 18.2 Å². The van der Waals surface area contributed by atoms with Crippen molar-refractivity contribution in [1.82, 2.24) is 10.5 Å². The van der Waals surface area contributed by atoms with Gasteiger partial charge in [-0.25, -0.2) is 4.79 Å². The summed E-state index contributed by atoms with van der Waals surface area (Å²) in [6.07, 6.45) is 0. The van der Waals surface area contributed by atoms with Gasteiger partial charge in [-0.3, -0.25) is 9.69 Å². The quantitative estimate of drug-likeness (QED) is 0.451. The molecule has 0 fully saturated rings. The summed E-state index contributed by atoms with van der Waals surface area (Å²) in [7, 11) is 1.56. The summed E-state index contributed by atoms with van der Waals surface area (Å²) < 4.78 is 10.6. The monoisotopic (exact) mass is 478 g/mol. The number of amides is 1. The molecule has 1 unspecified atom stereocenters. The van der Waals surface area contributed by atoms with E-state index >= 15 is 0 Å². The Hall–Kier alpha value is -4.18. The number of para-hydroxylation sites is 2. The van der Waals surface area contributed by atoms with Crippen molar-refractivity contribution in [3.8, 4) is 5.75 Å². The van der Waals surface area contributed by atoms with E-state index in [1.54, 1.807) is 50.1 Å². The molecule has 3 aromatic rings. The van der Waals surface area contributed by atoms with Crippen molar-refractivity contribution in [3.63, 3.8) is 0 Å². The van der Waals surface area contributed by atoms with Gasteiger partial charge in [0.15, 0.2) is 10.9 Å². The molecule has 0 saturated carbocycles. The van der Waals surface area contributed by atoms with E-state index in [9.17, 15) is 14.7 Å². The van der Waals surface area contributed by atoms with Crippen molar-refractivity contribution in [2.75, 3.05) is 17.3 Å². The van der Waals surface area contributed by atoms with Crippen LogP contribution in [0.2, 0.25) is 0 Å². The normalized spacial score (nSPS) is 15.7. The smallest absolute Gasteiger partial charge is 0.335 e. The Morgan fingerprint density at radius 3 is 2.50 bits per heavy atom. The number of nitrogens with zero attached hydrogens (tertiary/aromatic N) is 2. The summed E-state index contributed by atoms with van der Waals surface area (Å²) in [5.41, 5.74) is 2.44. The highest BCUT2D eigenvalue weighted by atomic mass is 32.1. The molecule has 34 heavy (non-hydrogen) atoms. The number of carboxylic acids is 1. The summed E-state index contributed by atoms with van der Waals surface area (Å²) in [5, 5.41) is 19.5. The molecule has 0 aliphatic carbocycles. The Bertz CT molecular complexity index is 1300. The topological polar surface area (TPSA) is 117 Å². The van der Waals surface area contributed by atoms with Crippen LogP contribution in [0, 0.1) is 6.92 Å². The van der Waals surface area contributed by atoms with E-state index in [2.05, 4.69) is 15.8 Å². The molecule has 0 spiro atoms. The molecule has 0 saturated heterocycles. The van der Waals surface area contributed by atoms with Crippen LogP contribution in [0.3, 0.4) is 0 Å². The second-order valence-corrected chi connectivity index (χ2v) is 7.98. The Kier molecular flexibility index (Phi) is 6.33. The van der Waals surface area contributed by atoms with Gasteiger partial charge in [-0.15, -0.1) is 0 Å². The second kappa shape index (κ2) is 9.36. The van der Waals surface area contributed by atoms with Crippen LogP contribution in [0.1, 0.15) is 34.6 Å². The third-order valence-corrected chi connectivity index (χ3v) is 5.72. The lowest BCUT2D eigenvalue weighted by Gasteiger charge is -2.38. The first-order valence-electron chi connectivity index (χ1n) is 10.3. The van der Waals surface area contributed by atoms with E-state index in [0.717, 1.165) is 0 Å². The molecule has 1 aliphatic heterocycles. The highest BCUT2D eigenvalue weighted by molar-refractivity contribution is 7.80. The summed E-state index contributed by atoms with van der Waals surface area (Å²) in [6, 6.07) is 14.6. The zero-order valence-electron chi connectivity index (χ0n) is 18.7. The fraction of sp³-hybridized carbons (Fsp3) is 0.167. The predicted molar refractivity (Wildman–Crippen MR) is 130 cm³/mol. The van der Waals surface area contributed by atoms with Gasteiger partial charge < -0.3 is 25.0 Å². The Labute approximate surface area is 201 Å². The Balaban J connectivity index is 1.82. The first-order valence-corrected chi connectivity index (χ1v) is 10.7. The number of aromatic carboxylic acids is 1. The number of rotatable bonds is 6. The maximum absolute atomic E-state index is 13.5. The minimum absolute atomic E-state index is 0.141. The SMILES string of the molecule is COc1ccccc1N1C(=S)NC(c2ccc(C(=O)O)cc2)C(C(=O)Nc2cc(C)on2)=C1C. The minimum Gasteiger partial charge on any atom is -0.495 e. The average molecular weight is 479 g/mol. The van der Waals surface area contributed by atoms with Crippen LogP contribution in [-0.2, 0) is 4.79 Å². The lowest BCUT2D eigenvalue weighted by molar-refractivity contribution is -0.113. The number of nitrogens with one attached hydrogen (secondary N) is 2. The van der Waals surface area contributed by atoms with Crippen LogP contribution in [0.15, 0.2) is 70.4 Å². The van der Waals surface area contributed by atoms with Gasteiger partial charge in [-0.2, -0.15) is 0 Å². The third-order valence-electron chi connectivity index (χ3n) is 5.42. The molecule has 1 amide bonds. The van der Waals surface area contributed by atoms with Crippen molar-refractivity contribution in [1.29, 1.82) is 0 Å². The van der Waals surface area contributed by atoms with Crippen molar-refractivity contribution in [2.45, 2.75) is 19.9 Å². The molecular weight excluding hydrogens is 456 g/mol. The number of thiocarbonyl (C=S) groups is 1. The molecule has 0 radical (unpaired) electrons. The van der Waals surface area contributed by atoms with Crippen LogP contribution in [0.25, 0.3) is 0 Å². The van der Waals surface area contributed by atoms with Crippen molar-refractivity contribution >= 4 is 40.7 Å². The summed E-state index contributed by atoms with van der Waals surface area (Å²) in [6.45, 7) is 3.52. The molecule has 3 N–H and O–H groups in total. The Morgan fingerprint density at radius 2 is 1.88 bits per heavy atom. The van der Waals surface area contributed by atoms with Gasteiger partial charge in [0.05, 0.1) is 30.0 Å². The fourth-order valence-corrected chi connectivity index (χ4v) is 4.17. The van der Waals surface area contributed by atoms with Gasteiger partial charge in [0.25, 0.3) is 5.91 Å². The molecule has 10 heteroatoms. The Morgan fingerprint density at radius 1 is 1.18 bits per heavy atom. The van der Waals surface area contributed by atoms with Crippen LogP contribution >= 0.6 is 12.2 Å². The van der Waals surface area contributed by atoms with Crippen LogP contribution in [0.5, 0.6) is 5.75 Å². The first kappa shape index (κ1) is 23.0. The van der Waals surface area contributed by atoms with Gasteiger partial charge in [0, 0.05) is 11.8 Å². The molecule has 4 rings (SSSR count). The maximum Gasteiger partial charge on any atom is 0.335 e. The van der Waals surface area contributed by atoms with Crippen molar-refractivity contribution in [3.05, 3.63) is 82.8 Å².